The molecule has 168 valence electrons. The minimum atomic E-state index is -4.54. The van der Waals surface area contributed by atoms with E-state index in [4.69, 9.17) is 15.5 Å². The second-order valence-electron chi connectivity index (χ2n) is 9.27. The first-order valence-corrected chi connectivity index (χ1v) is 11.0. The number of rotatable bonds is 4. The van der Waals surface area contributed by atoms with Gasteiger partial charge in [0, 0.05) is 49.0 Å². The predicted octanol–water partition coefficient (Wildman–Crippen LogP) is 3.95. The molecule has 2 aromatic heterocycles. The molecule has 3 heterocycles. The maximum atomic E-state index is 13.3. The smallest absolute Gasteiger partial charge is 0.383 e. The molecular weight excluding hydrogens is 407 g/mol. The van der Waals surface area contributed by atoms with Crippen LogP contribution in [-0.2, 0) is 10.9 Å². The van der Waals surface area contributed by atoms with Crippen molar-refractivity contribution in [3.05, 3.63) is 29.8 Å². The lowest BCUT2D eigenvalue weighted by Gasteiger charge is -2.33. The summed E-state index contributed by atoms with van der Waals surface area (Å²) in [5, 5.41) is 0. The van der Waals surface area contributed by atoms with E-state index in [0.29, 0.717) is 35.1 Å². The van der Waals surface area contributed by atoms with Crippen molar-refractivity contribution in [2.24, 2.45) is 11.8 Å². The number of anilines is 1. The third kappa shape index (κ3) is 3.71. The van der Waals surface area contributed by atoms with Gasteiger partial charge in [-0.25, -0.2) is 9.97 Å². The highest BCUT2D eigenvalue weighted by Crippen LogP contribution is 2.64. The summed E-state index contributed by atoms with van der Waals surface area (Å²) in [6, 6.07) is 1.85. The zero-order valence-electron chi connectivity index (χ0n) is 17.8. The fourth-order valence-corrected chi connectivity index (χ4v) is 5.49. The molecule has 2 saturated carbocycles. The molecule has 1 unspecified atom stereocenters. The number of alkyl halides is 3. The Morgan fingerprint density at radius 3 is 2.45 bits per heavy atom. The summed E-state index contributed by atoms with van der Waals surface area (Å²) in [4.78, 5) is 11.1. The van der Waals surface area contributed by atoms with E-state index in [1.165, 1.54) is 6.20 Å². The van der Waals surface area contributed by atoms with E-state index >= 15 is 0 Å². The van der Waals surface area contributed by atoms with Crippen molar-refractivity contribution in [1.82, 2.24) is 19.4 Å². The Balaban J connectivity index is 1.39. The number of nitrogens with zero attached hydrogens (tertiary/aromatic N) is 4. The van der Waals surface area contributed by atoms with Gasteiger partial charge in [-0.15, -0.1) is 0 Å². The molecule has 1 saturated heterocycles. The number of morpholine rings is 1. The van der Waals surface area contributed by atoms with Crippen LogP contribution < -0.4 is 5.73 Å². The molecule has 3 fully saturated rings. The third-order valence-corrected chi connectivity index (χ3v) is 7.12. The second kappa shape index (κ2) is 7.48. The average Bonchev–Trinajstić information content (AvgIpc) is 3.09. The first kappa shape index (κ1) is 20.8. The highest BCUT2D eigenvalue weighted by atomic mass is 19.4. The van der Waals surface area contributed by atoms with Crippen LogP contribution in [0.5, 0.6) is 0 Å². The predicted molar refractivity (Wildman–Crippen MR) is 110 cm³/mol. The Kier molecular flexibility index (Phi) is 5.01. The monoisotopic (exact) mass is 435 g/mol. The Morgan fingerprint density at radius 1 is 1.16 bits per heavy atom. The normalized spacial score (nSPS) is 28.8. The lowest BCUT2D eigenvalue weighted by Crippen LogP contribution is -2.43. The Morgan fingerprint density at radius 2 is 1.84 bits per heavy atom. The molecule has 5 rings (SSSR count). The number of imidazole rings is 1. The summed E-state index contributed by atoms with van der Waals surface area (Å²) < 4.78 is 47.4. The van der Waals surface area contributed by atoms with Gasteiger partial charge in [0.2, 0.25) is 0 Å². The second-order valence-corrected chi connectivity index (χ2v) is 9.27. The van der Waals surface area contributed by atoms with E-state index < -0.39 is 17.6 Å². The molecular formula is C22H28F3N5O. The number of aromatic nitrogens is 3. The van der Waals surface area contributed by atoms with Gasteiger partial charge < -0.3 is 15.0 Å². The molecule has 2 aliphatic carbocycles. The molecule has 9 heteroatoms. The van der Waals surface area contributed by atoms with E-state index in [1.807, 2.05) is 6.20 Å². The van der Waals surface area contributed by atoms with Crippen molar-refractivity contribution in [1.29, 1.82) is 0 Å². The van der Waals surface area contributed by atoms with Gasteiger partial charge >= 0.3 is 6.18 Å². The van der Waals surface area contributed by atoms with Gasteiger partial charge in [-0.3, -0.25) is 4.90 Å². The third-order valence-electron chi connectivity index (χ3n) is 7.12. The quantitative estimate of drug-likeness (QED) is 0.788. The molecule has 4 atom stereocenters. The summed E-state index contributed by atoms with van der Waals surface area (Å²) in [5.41, 5.74) is 5.42. The van der Waals surface area contributed by atoms with Crippen LogP contribution in [0.2, 0.25) is 0 Å². The number of hydrogen-bond acceptors (Lipinski definition) is 5. The van der Waals surface area contributed by atoms with Crippen LogP contribution in [0.4, 0.5) is 19.0 Å². The van der Waals surface area contributed by atoms with Crippen LogP contribution in [0, 0.1) is 11.8 Å². The lowest BCUT2D eigenvalue weighted by molar-refractivity contribution is -0.137. The van der Waals surface area contributed by atoms with E-state index in [9.17, 15) is 13.2 Å². The van der Waals surface area contributed by atoms with Gasteiger partial charge in [0.05, 0.1) is 24.5 Å². The highest BCUT2D eigenvalue weighted by molar-refractivity contribution is 5.62. The van der Waals surface area contributed by atoms with E-state index in [0.717, 1.165) is 51.0 Å². The van der Waals surface area contributed by atoms with Gasteiger partial charge in [-0.05, 0) is 44.6 Å². The summed E-state index contributed by atoms with van der Waals surface area (Å²) in [6.45, 7) is 7.78. The number of ether oxygens (including phenoxy) is 1. The molecule has 2 N–H and O–H groups in total. The molecule has 1 aliphatic heterocycles. The van der Waals surface area contributed by atoms with E-state index in [1.54, 1.807) is 0 Å². The number of pyridine rings is 1. The topological polar surface area (TPSA) is 69.2 Å². The summed E-state index contributed by atoms with van der Waals surface area (Å²) in [5.74, 6) is 2.08. The fraction of sp³-hybridized carbons (Fsp3) is 0.636. The molecule has 0 spiro atoms. The first-order chi connectivity index (χ1) is 14.7. The molecule has 0 radical (unpaired) electrons. The van der Waals surface area contributed by atoms with Gasteiger partial charge in [-0.1, -0.05) is 0 Å². The summed E-state index contributed by atoms with van der Waals surface area (Å²) in [6.07, 6.45) is 1.03. The van der Waals surface area contributed by atoms with Gasteiger partial charge in [0.15, 0.2) is 0 Å². The van der Waals surface area contributed by atoms with E-state index in [2.05, 4.69) is 28.3 Å². The zero-order chi connectivity index (χ0) is 21.9. The van der Waals surface area contributed by atoms with E-state index in [-0.39, 0.29) is 6.04 Å². The van der Waals surface area contributed by atoms with Crippen LogP contribution in [-0.4, -0.2) is 51.8 Å². The summed E-state index contributed by atoms with van der Waals surface area (Å²) in [7, 11) is 0. The van der Waals surface area contributed by atoms with Crippen molar-refractivity contribution in [2.75, 3.05) is 32.0 Å². The molecule has 3 aliphatic rings. The average molecular weight is 435 g/mol. The number of nitrogens with two attached hydrogens (primary N) is 1. The number of fused-ring (bicyclic) bond motifs is 1. The Bertz CT molecular complexity index is 955. The van der Waals surface area contributed by atoms with Gasteiger partial charge in [-0.2, -0.15) is 13.2 Å². The Labute approximate surface area is 179 Å². The standard InChI is InChI=1S/C22H28F3N5O/c1-12(2)30-11-18(13-7-17(22(23,24)25)20(26)27-10-13)28-21(30)19-15-8-14(9-16(15)19)29-3-5-31-6-4-29/h7,10-12,14-16,19H,3-6,8-9H2,1-2H3,(H2,26,27)/t14?,15-,16+,19+. The number of nitrogen functional groups attached to an aromatic ring is 1. The van der Waals surface area contributed by atoms with Crippen molar-refractivity contribution in [2.45, 2.75) is 50.9 Å². The van der Waals surface area contributed by atoms with Gasteiger partial charge in [0.25, 0.3) is 0 Å². The van der Waals surface area contributed by atoms with Crippen LogP contribution in [0.3, 0.4) is 0 Å². The van der Waals surface area contributed by atoms with Crippen LogP contribution in [0.15, 0.2) is 18.5 Å². The van der Waals surface area contributed by atoms with Crippen molar-refractivity contribution < 1.29 is 17.9 Å². The van der Waals surface area contributed by atoms with Crippen LogP contribution in [0.25, 0.3) is 11.3 Å². The molecule has 2 aromatic rings. The van der Waals surface area contributed by atoms with Crippen LogP contribution in [0.1, 0.15) is 50.0 Å². The fourth-order valence-electron chi connectivity index (χ4n) is 5.49. The lowest BCUT2D eigenvalue weighted by atomic mass is 10.0. The minimum Gasteiger partial charge on any atom is -0.383 e. The molecule has 0 aromatic carbocycles. The molecule has 31 heavy (non-hydrogen) atoms. The maximum Gasteiger partial charge on any atom is 0.419 e. The first-order valence-electron chi connectivity index (χ1n) is 11.0. The molecule has 0 amide bonds. The van der Waals surface area contributed by atoms with Crippen molar-refractivity contribution in [3.63, 3.8) is 0 Å². The Hall–Kier alpha value is -2.13. The molecule has 6 nitrogen and oxygen atoms in total. The highest BCUT2D eigenvalue weighted by Gasteiger charge is 2.59. The zero-order valence-corrected chi connectivity index (χ0v) is 17.8. The SMILES string of the molecule is CC(C)n1cc(-c2cnc(N)c(C(F)(F)F)c2)nc1[C@H]1[C@@H]2CC(N3CCOCC3)C[C@@H]21. The van der Waals surface area contributed by atoms with Crippen molar-refractivity contribution in [3.8, 4) is 11.3 Å². The molecule has 0 bridgehead atoms. The minimum absolute atomic E-state index is 0.177. The summed E-state index contributed by atoms with van der Waals surface area (Å²) >= 11 is 0. The van der Waals surface area contributed by atoms with Crippen LogP contribution >= 0.6 is 0 Å². The number of halogens is 3. The van der Waals surface area contributed by atoms with Crippen molar-refractivity contribution >= 4 is 5.82 Å². The largest absolute Gasteiger partial charge is 0.419 e. The number of hydrogen-bond donors (Lipinski definition) is 1. The maximum absolute atomic E-state index is 13.3. The van der Waals surface area contributed by atoms with Gasteiger partial charge in [0.1, 0.15) is 11.6 Å².